The Morgan fingerprint density at radius 2 is 1.79 bits per heavy atom. The molecule has 1 N–H and O–H groups in total. The molecule has 9 nitrogen and oxygen atoms in total. The maximum absolute atomic E-state index is 5.72. The van der Waals surface area contributed by atoms with Crippen molar-refractivity contribution in [1.29, 1.82) is 0 Å². The summed E-state index contributed by atoms with van der Waals surface area (Å²) in [5.41, 5.74) is 0.899. The quantitative estimate of drug-likeness (QED) is 0.747. The van der Waals surface area contributed by atoms with Crippen LogP contribution >= 0.6 is 0 Å². The van der Waals surface area contributed by atoms with Crippen LogP contribution in [0.2, 0.25) is 0 Å². The second-order valence-electron chi connectivity index (χ2n) is 8.77. The van der Waals surface area contributed by atoms with Crippen molar-refractivity contribution in [3.05, 3.63) is 36.4 Å². The van der Waals surface area contributed by atoms with Crippen molar-refractivity contribution in [3.63, 3.8) is 0 Å². The fourth-order valence-electron chi connectivity index (χ4n) is 4.34. The molecule has 9 heteroatoms. The molecule has 1 saturated heterocycles. The largest absolute Gasteiger partial charge is 0.486 e. The smallest absolute Gasteiger partial charge is 0.229 e. The minimum absolute atomic E-state index is 0.221. The summed E-state index contributed by atoms with van der Waals surface area (Å²) >= 11 is 0. The third-order valence-electron chi connectivity index (χ3n) is 6.15. The SMILES string of the molecule is CC1C=CC=NC1N1CCN(c2nc(Nc3ccc4c(c3)OCCO4)cc(N(C)C)n2)CC1. The molecule has 1 fully saturated rings. The van der Waals surface area contributed by atoms with Crippen LogP contribution in [0, 0.1) is 5.92 Å². The fraction of sp³-hybridized carbons (Fsp3) is 0.458. The number of nitrogens with zero attached hydrogens (tertiary/aromatic N) is 6. The molecule has 174 valence electrons. The lowest BCUT2D eigenvalue weighted by molar-refractivity contribution is 0.160. The van der Waals surface area contributed by atoms with Gasteiger partial charge in [0.1, 0.15) is 31.0 Å². The summed E-state index contributed by atoms with van der Waals surface area (Å²) in [6, 6.07) is 7.81. The van der Waals surface area contributed by atoms with Gasteiger partial charge in [0.25, 0.3) is 0 Å². The van der Waals surface area contributed by atoms with E-state index >= 15 is 0 Å². The van der Waals surface area contributed by atoms with Gasteiger partial charge in [0.2, 0.25) is 5.95 Å². The molecule has 0 spiro atoms. The minimum Gasteiger partial charge on any atom is -0.486 e. The van der Waals surface area contributed by atoms with Gasteiger partial charge in [-0.15, -0.1) is 0 Å². The second-order valence-corrected chi connectivity index (χ2v) is 8.77. The van der Waals surface area contributed by atoms with Crippen LogP contribution in [0.5, 0.6) is 11.5 Å². The Morgan fingerprint density at radius 3 is 2.55 bits per heavy atom. The number of dihydropyridines is 1. The first kappa shape index (κ1) is 21.5. The molecule has 2 atom stereocenters. The molecule has 2 unspecified atom stereocenters. The van der Waals surface area contributed by atoms with Gasteiger partial charge in [-0.25, -0.2) is 0 Å². The molecular weight excluding hydrogens is 418 g/mol. The van der Waals surface area contributed by atoms with E-state index in [9.17, 15) is 0 Å². The van der Waals surface area contributed by atoms with E-state index < -0.39 is 0 Å². The van der Waals surface area contributed by atoms with Crippen molar-refractivity contribution < 1.29 is 9.47 Å². The number of hydrogen-bond acceptors (Lipinski definition) is 9. The van der Waals surface area contributed by atoms with Crippen LogP contribution in [0.3, 0.4) is 0 Å². The predicted molar refractivity (Wildman–Crippen MR) is 131 cm³/mol. The maximum atomic E-state index is 5.72. The Kier molecular flexibility index (Phi) is 6.04. The normalized spacial score (nSPS) is 22.3. The molecule has 3 aliphatic rings. The average Bonchev–Trinajstić information content (AvgIpc) is 2.84. The van der Waals surface area contributed by atoms with E-state index in [2.05, 4.69) is 33.1 Å². The van der Waals surface area contributed by atoms with E-state index in [0.717, 1.165) is 60.9 Å². The molecule has 1 aromatic carbocycles. The predicted octanol–water partition coefficient (Wildman–Crippen LogP) is 2.78. The number of ether oxygens (including phenoxy) is 2. The summed E-state index contributed by atoms with van der Waals surface area (Å²) in [4.78, 5) is 21.1. The first-order valence-electron chi connectivity index (χ1n) is 11.5. The lowest BCUT2D eigenvalue weighted by Crippen LogP contribution is -2.52. The summed E-state index contributed by atoms with van der Waals surface area (Å²) in [7, 11) is 3.99. The van der Waals surface area contributed by atoms with Gasteiger partial charge in [0, 0.05) is 70.2 Å². The molecule has 0 aliphatic carbocycles. The minimum atomic E-state index is 0.221. The van der Waals surface area contributed by atoms with Gasteiger partial charge in [0.15, 0.2) is 11.5 Å². The standard InChI is InChI=1S/C24H31N7O2/c1-17-5-4-8-25-23(17)30-9-11-31(12-10-30)24-27-21(16-22(28-24)29(2)3)26-18-6-7-19-20(15-18)33-14-13-32-19/h4-8,15-17,23H,9-14H2,1-3H3,(H,26,27,28). The third kappa shape index (κ3) is 4.73. The monoisotopic (exact) mass is 449 g/mol. The van der Waals surface area contributed by atoms with Gasteiger partial charge >= 0.3 is 0 Å². The van der Waals surface area contributed by atoms with Gasteiger partial charge in [-0.05, 0) is 18.2 Å². The molecule has 3 aliphatic heterocycles. The summed E-state index contributed by atoms with van der Waals surface area (Å²) in [5.74, 6) is 4.29. The number of hydrogen-bond donors (Lipinski definition) is 1. The molecular formula is C24H31N7O2. The number of nitrogens with one attached hydrogen (secondary N) is 1. The Labute approximate surface area is 194 Å². The number of fused-ring (bicyclic) bond motifs is 1. The lowest BCUT2D eigenvalue weighted by Gasteiger charge is -2.40. The molecule has 0 amide bonds. The highest BCUT2D eigenvalue weighted by Gasteiger charge is 2.28. The number of allylic oxidation sites excluding steroid dienone is 1. The van der Waals surface area contributed by atoms with Gasteiger partial charge < -0.3 is 24.6 Å². The highest BCUT2D eigenvalue weighted by molar-refractivity contribution is 5.72. The van der Waals surface area contributed by atoms with E-state index in [0.29, 0.717) is 19.1 Å². The Hall–Kier alpha value is -3.33. The molecule has 1 aromatic heterocycles. The van der Waals surface area contributed by atoms with Crippen molar-refractivity contribution in [2.24, 2.45) is 10.9 Å². The third-order valence-corrected chi connectivity index (χ3v) is 6.15. The summed E-state index contributed by atoms with van der Waals surface area (Å²) < 4.78 is 11.3. The van der Waals surface area contributed by atoms with Crippen molar-refractivity contribution >= 4 is 29.5 Å². The van der Waals surface area contributed by atoms with Crippen LogP contribution in [-0.4, -0.2) is 80.7 Å². The topological polar surface area (TPSA) is 78.3 Å². The fourth-order valence-corrected chi connectivity index (χ4v) is 4.34. The Balaban J connectivity index is 1.32. The van der Waals surface area contributed by atoms with E-state index in [1.807, 2.05) is 55.6 Å². The molecule has 5 rings (SSSR count). The van der Waals surface area contributed by atoms with E-state index in [4.69, 9.17) is 19.4 Å². The Morgan fingerprint density at radius 1 is 1.00 bits per heavy atom. The van der Waals surface area contributed by atoms with Crippen molar-refractivity contribution in [3.8, 4) is 11.5 Å². The zero-order valence-corrected chi connectivity index (χ0v) is 19.4. The van der Waals surface area contributed by atoms with E-state index in [-0.39, 0.29) is 6.17 Å². The molecule has 4 heterocycles. The molecule has 0 radical (unpaired) electrons. The zero-order chi connectivity index (χ0) is 22.8. The molecule has 0 saturated carbocycles. The molecule has 0 bridgehead atoms. The van der Waals surface area contributed by atoms with Gasteiger partial charge in [-0.1, -0.05) is 13.0 Å². The Bertz CT molecular complexity index is 1050. The van der Waals surface area contributed by atoms with Crippen LogP contribution in [0.25, 0.3) is 0 Å². The highest BCUT2D eigenvalue weighted by Crippen LogP contribution is 2.34. The number of aliphatic imine (C=N–C) groups is 1. The number of anilines is 4. The van der Waals surface area contributed by atoms with E-state index in [1.165, 1.54) is 0 Å². The van der Waals surface area contributed by atoms with Crippen LogP contribution in [0.15, 0.2) is 41.4 Å². The number of rotatable bonds is 5. The maximum Gasteiger partial charge on any atom is 0.229 e. The number of benzene rings is 1. The van der Waals surface area contributed by atoms with Crippen LogP contribution < -0.4 is 24.6 Å². The second kappa shape index (κ2) is 9.27. The number of piperazine rings is 1. The first-order chi connectivity index (χ1) is 16.1. The summed E-state index contributed by atoms with van der Waals surface area (Å²) in [6.45, 7) is 6.96. The van der Waals surface area contributed by atoms with Crippen LogP contribution in [0.4, 0.5) is 23.3 Å². The summed E-state index contributed by atoms with van der Waals surface area (Å²) in [6.07, 6.45) is 6.40. The van der Waals surface area contributed by atoms with Gasteiger partial charge in [-0.2, -0.15) is 9.97 Å². The van der Waals surface area contributed by atoms with Gasteiger partial charge in [0.05, 0.1) is 0 Å². The van der Waals surface area contributed by atoms with Crippen LogP contribution in [-0.2, 0) is 0 Å². The highest BCUT2D eigenvalue weighted by atomic mass is 16.6. The molecule has 2 aromatic rings. The lowest BCUT2D eigenvalue weighted by atomic mass is 10.0. The van der Waals surface area contributed by atoms with Crippen molar-refractivity contribution in [2.75, 3.05) is 68.6 Å². The first-order valence-corrected chi connectivity index (χ1v) is 11.5. The zero-order valence-electron chi connectivity index (χ0n) is 19.4. The molecule has 33 heavy (non-hydrogen) atoms. The van der Waals surface area contributed by atoms with Crippen LogP contribution in [0.1, 0.15) is 6.92 Å². The van der Waals surface area contributed by atoms with E-state index in [1.54, 1.807) is 0 Å². The average molecular weight is 450 g/mol. The number of aromatic nitrogens is 2. The summed E-state index contributed by atoms with van der Waals surface area (Å²) in [5, 5.41) is 3.42. The van der Waals surface area contributed by atoms with Gasteiger partial charge in [-0.3, -0.25) is 9.89 Å². The van der Waals surface area contributed by atoms with Crippen molar-refractivity contribution in [2.45, 2.75) is 13.1 Å². The van der Waals surface area contributed by atoms with Crippen molar-refractivity contribution in [1.82, 2.24) is 14.9 Å².